The smallest absolute Gasteiger partial charge is 0.237 e. The van der Waals surface area contributed by atoms with Crippen molar-refractivity contribution in [1.82, 2.24) is 19.6 Å². The van der Waals surface area contributed by atoms with Crippen molar-refractivity contribution in [3.63, 3.8) is 0 Å². The van der Waals surface area contributed by atoms with Gasteiger partial charge in [-0.1, -0.05) is 49.1 Å². The van der Waals surface area contributed by atoms with Gasteiger partial charge in [-0.25, -0.2) is 4.98 Å². The third kappa shape index (κ3) is 6.58. The van der Waals surface area contributed by atoms with Gasteiger partial charge in [0, 0.05) is 24.3 Å². The molecule has 7 heteroatoms. The topological polar surface area (TPSA) is 68.2 Å². The van der Waals surface area contributed by atoms with Crippen LogP contribution in [-0.4, -0.2) is 34.5 Å². The molecule has 0 bridgehead atoms. The number of aromatic nitrogens is 2. The summed E-state index contributed by atoms with van der Waals surface area (Å²) < 4.78 is 8.33. The maximum Gasteiger partial charge on any atom is 0.237 e. The predicted octanol–water partition coefficient (Wildman–Crippen LogP) is 6.52. The Morgan fingerprint density at radius 1 is 1.05 bits per heavy atom. The highest BCUT2D eigenvalue weighted by Crippen LogP contribution is 2.33. The highest BCUT2D eigenvalue weighted by molar-refractivity contribution is 7.98. The number of likely N-dealkylation sites (N-methyl/N-ethyl adjacent to an activating group) is 1. The first kappa shape index (κ1) is 26.3. The molecule has 38 heavy (non-hydrogen) atoms. The Morgan fingerprint density at radius 2 is 1.82 bits per heavy atom. The minimum Gasteiger partial charge on any atom is -0.457 e. The molecule has 2 heterocycles. The van der Waals surface area contributed by atoms with Crippen LogP contribution in [0.4, 0.5) is 0 Å². The Labute approximate surface area is 229 Å². The van der Waals surface area contributed by atoms with Crippen molar-refractivity contribution in [3.8, 4) is 11.5 Å². The van der Waals surface area contributed by atoms with Crippen LogP contribution >= 0.6 is 11.9 Å². The molecule has 6 nitrogen and oxygen atoms in total. The second kappa shape index (κ2) is 12.5. The third-order valence-corrected chi connectivity index (χ3v) is 8.25. The molecule has 1 amide bonds. The molecule has 1 aliphatic carbocycles. The van der Waals surface area contributed by atoms with Crippen LogP contribution in [0.3, 0.4) is 0 Å². The Hall–Kier alpha value is -3.29. The molecule has 5 rings (SSSR count). The van der Waals surface area contributed by atoms with Gasteiger partial charge in [0.15, 0.2) is 5.65 Å². The lowest BCUT2D eigenvalue weighted by atomic mass is 9.89. The van der Waals surface area contributed by atoms with Crippen molar-refractivity contribution < 1.29 is 9.53 Å². The first-order chi connectivity index (χ1) is 18.6. The monoisotopic (exact) mass is 528 g/mol. The van der Waals surface area contributed by atoms with Crippen molar-refractivity contribution in [2.24, 2.45) is 5.92 Å². The van der Waals surface area contributed by atoms with Crippen molar-refractivity contribution in [2.45, 2.75) is 56.4 Å². The van der Waals surface area contributed by atoms with Gasteiger partial charge in [0.2, 0.25) is 5.91 Å². The molecule has 0 aliphatic heterocycles. The van der Waals surface area contributed by atoms with Crippen LogP contribution in [0.1, 0.15) is 43.2 Å². The minimum atomic E-state index is -0.237. The van der Waals surface area contributed by atoms with E-state index in [9.17, 15) is 4.79 Å². The Kier molecular flexibility index (Phi) is 8.66. The maximum absolute atomic E-state index is 12.5. The molecule has 2 aromatic carbocycles. The number of nitrogens with zero attached hydrogens (tertiary/aromatic N) is 2. The van der Waals surface area contributed by atoms with E-state index in [4.69, 9.17) is 4.74 Å². The summed E-state index contributed by atoms with van der Waals surface area (Å²) in [5.41, 5.74) is 3.20. The van der Waals surface area contributed by atoms with E-state index in [1.807, 2.05) is 42.6 Å². The highest BCUT2D eigenvalue weighted by atomic mass is 32.2. The van der Waals surface area contributed by atoms with Gasteiger partial charge in [0.05, 0.1) is 11.4 Å². The Balaban J connectivity index is 1.24. The number of carbonyl (C=O) groups is 1. The van der Waals surface area contributed by atoms with Gasteiger partial charge in [0.25, 0.3) is 0 Å². The Morgan fingerprint density at radius 3 is 2.55 bits per heavy atom. The van der Waals surface area contributed by atoms with Crippen LogP contribution < -0.4 is 15.4 Å². The molecular weight excluding hydrogens is 492 g/mol. The lowest BCUT2D eigenvalue weighted by molar-refractivity contribution is -0.122. The number of carbonyl (C=O) groups excluding carboxylic acids is 1. The summed E-state index contributed by atoms with van der Waals surface area (Å²) >= 11 is 1.63. The minimum absolute atomic E-state index is 0.0355. The standard InChI is InChI=1S/C31H36N4O2S/c1-22-8-14-26(15-9-22)38-35-19-17-27-29(16-18-33-30(27)35)37-25-12-10-23(11-13-25)20-28(31(36)32-2)34-21-24-6-4-3-5-7-24/h8-19,24,28,34H,3-7,20-21H2,1-2H3,(H,32,36). The van der Waals surface area contributed by atoms with Crippen LogP contribution in [0.15, 0.2) is 78.0 Å². The summed E-state index contributed by atoms with van der Waals surface area (Å²) in [6.07, 6.45) is 10.9. The number of amides is 1. The quantitative estimate of drug-likeness (QED) is 0.245. The fourth-order valence-corrected chi connectivity index (χ4v) is 5.89. The van der Waals surface area contributed by atoms with Crippen LogP contribution in [0.2, 0.25) is 0 Å². The number of benzene rings is 2. The number of nitrogens with one attached hydrogen (secondary N) is 2. The first-order valence-corrected chi connectivity index (χ1v) is 14.3. The van der Waals surface area contributed by atoms with E-state index in [0.29, 0.717) is 12.3 Å². The number of aryl methyl sites for hydroxylation is 1. The summed E-state index contributed by atoms with van der Waals surface area (Å²) in [5.74, 6) is 2.23. The number of ether oxygens (including phenoxy) is 1. The van der Waals surface area contributed by atoms with E-state index in [1.54, 1.807) is 25.2 Å². The number of hydrogen-bond donors (Lipinski definition) is 2. The number of rotatable bonds is 10. The number of fused-ring (bicyclic) bond motifs is 1. The summed E-state index contributed by atoms with van der Waals surface area (Å²) in [5, 5.41) is 7.31. The third-order valence-electron chi connectivity index (χ3n) is 7.27. The maximum atomic E-state index is 12.5. The first-order valence-electron chi connectivity index (χ1n) is 13.5. The van der Waals surface area contributed by atoms with Gasteiger partial charge < -0.3 is 15.4 Å². The fraction of sp³-hybridized carbons (Fsp3) is 0.355. The van der Waals surface area contributed by atoms with Crippen molar-refractivity contribution in [1.29, 1.82) is 0 Å². The van der Waals surface area contributed by atoms with Crippen molar-refractivity contribution in [3.05, 3.63) is 84.2 Å². The molecule has 2 aromatic heterocycles. The van der Waals surface area contributed by atoms with E-state index in [0.717, 1.165) is 39.5 Å². The zero-order valence-electron chi connectivity index (χ0n) is 22.2. The SMILES string of the molecule is CNC(=O)C(Cc1ccc(Oc2ccnc3c2ccn3Sc2ccc(C)cc2)cc1)NCC1CCCCC1. The summed E-state index contributed by atoms with van der Waals surface area (Å²) in [4.78, 5) is 18.3. The van der Waals surface area contributed by atoms with Gasteiger partial charge in [-0.2, -0.15) is 0 Å². The predicted molar refractivity (Wildman–Crippen MR) is 155 cm³/mol. The van der Waals surface area contributed by atoms with E-state index >= 15 is 0 Å². The average molecular weight is 529 g/mol. The van der Waals surface area contributed by atoms with E-state index < -0.39 is 0 Å². The van der Waals surface area contributed by atoms with Crippen LogP contribution in [0.25, 0.3) is 11.0 Å². The van der Waals surface area contributed by atoms with Crippen molar-refractivity contribution in [2.75, 3.05) is 13.6 Å². The van der Waals surface area contributed by atoms with E-state index in [2.05, 4.69) is 50.8 Å². The van der Waals surface area contributed by atoms with E-state index in [-0.39, 0.29) is 11.9 Å². The molecular formula is C31H36N4O2S. The molecule has 198 valence electrons. The zero-order chi connectivity index (χ0) is 26.3. The molecule has 1 saturated carbocycles. The van der Waals surface area contributed by atoms with E-state index in [1.165, 1.54) is 37.7 Å². The average Bonchev–Trinajstić information content (AvgIpc) is 3.37. The molecule has 1 fully saturated rings. The molecule has 2 N–H and O–H groups in total. The lowest BCUT2D eigenvalue weighted by Gasteiger charge is -2.25. The number of pyridine rings is 1. The Bertz CT molecular complexity index is 1340. The zero-order valence-corrected chi connectivity index (χ0v) is 23.0. The van der Waals surface area contributed by atoms with Crippen molar-refractivity contribution >= 4 is 28.9 Å². The second-order valence-electron chi connectivity index (χ2n) is 10.1. The summed E-state index contributed by atoms with van der Waals surface area (Å²) in [6, 6.07) is 20.2. The molecule has 0 spiro atoms. The van der Waals surface area contributed by atoms with Gasteiger partial charge in [-0.05, 0) is 92.6 Å². The largest absolute Gasteiger partial charge is 0.457 e. The molecule has 1 unspecified atom stereocenters. The van der Waals surface area contributed by atoms with Gasteiger partial charge in [0.1, 0.15) is 11.5 Å². The van der Waals surface area contributed by atoms with Crippen LogP contribution in [-0.2, 0) is 11.2 Å². The van der Waals surface area contributed by atoms with Gasteiger partial charge >= 0.3 is 0 Å². The fourth-order valence-electron chi connectivity index (χ4n) is 5.05. The summed E-state index contributed by atoms with van der Waals surface area (Å²) in [6.45, 7) is 2.99. The lowest BCUT2D eigenvalue weighted by Crippen LogP contribution is -2.46. The van der Waals surface area contributed by atoms with Gasteiger partial charge in [-0.3, -0.25) is 8.77 Å². The molecule has 0 saturated heterocycles. The molecule has 1 aliphatic rings. The number of hydrogen-bond acceptors (Lipinski definition) is 5. The van der Waals surface area contributed by atoms with Crippen LogP contribution in [0.5, 0.6) is 11.5 Å². The van der Waals surface area contributed by atoms with Gasteiger partial charge in [-0.15, -0.1) is 0 Å². The molecule has 0 radical (unpaired) electrons. The highest BCUT2D eigenvalue weighted by Gasteiger charge is 2.20. The summed E-state index contributed by atoms with van der Waals surface area (Å²) in [7, 11) is 1.70. The molecule has 1 atom stereocenters. The van der Waals surface area contributed by atoms with Crippen LogP contribution in [0, 0.1) is 12.8 Å². The second-order valence-corrected chi connectivity index (χ2v) is 11.2. The normalized spacial score (nSPS) is 14.9. The molecule has 4 aromatic rings.